The highest BCUT2D eigenvalue weighted by Crippen LogP contribution is 2.22. The summed E-state index contributed by atoms with van der Waals surface area (Å²) in [5.74, 6) is -0.252. The molecule has 3 N–H and O–H groups in total. The minimum Gasteiger partial charge on any atom is -0.399 e. The molecule has 0 atom stereocenters. The molecule has 0 aliphatic heterocycles. The number of nitrogen functional groups attached to an aromatic ring is 1. The number of carbonyl (C=O) groups is 1. The van der Waals surface area contributed by atoms with Gasteiger partial charge in [0.25, 0.3) is 5.91 Å². The maximum absolute atomic E-state index is 12.2. The van der Waals surface area contributed by atoms with E-state index in [9.17, 15) is 4.79 Å². The monoisotopic (exact) mass is 274 g/mol. The highest BCUT2D eigenvalue weighted by Gasteiger charge is 2.12. The Morgan fingerprint density at radius 2 is 2.00 bits per heavy atom. The average molecular weight is 275 g/mol. The lowest BCUT2D eigenvalue weighted by Crippen LogP contribution is -2.14. The molecule has 0 radical (unpaired) electrons. The highest BCUT2D eigenvalue weighted by molar-refractivity contribution is 6.34. The molecular weight excluding hydrogens is 260 g/mol. The maximum Gasteiger partial charge on any atom is 0.257 e. The lowest BCUT2D eigenvalue weighted by atomic mass is 10.1. The second kappa shape index (κ2) is 5.76. The number of anilines is 2. The van der Waals surface area contributed by atoms with Gasteiger partial charge in [-0.15, -0.1) is 0 Å². The third kappa shape index (κ3) is 3.06. The van der Waals surface area contributed by atoms with Crippen molar-refractivity contribution in [3.63, 3.8) is 0 Å². The van der Waals surface area contributed by atoms with Gasteiger partial charge in [-0.3, -0.25) is 4.79 Å². The topological polar surface area (TPSA) is 55.1 Å². The number of amides is 1. The smallest absolute Gasteiger partial charge is 0.257 e. The minimum absolute atomic E-state index is 0.252. The van der Waals surface area contributed by atoms with E-state index < -0.39 is 0 Å². The zero-order valence-corrected chi connectivity index (χ0v) is 11.4. The summed E-state index contributed by atoms with van der Waals surface area (Å²) in [5, 5.41) is 3.26. The molecule has 0 unspecified atom stereocenters. The van der Waals surface area contributed by atoms with Crippen LogP contribution < -0.4 is 11.1 Å². The molecule has 0 aliphatic rings. The van der Waals surface area contributed by atoms with E-state index in [0.29, 0.717) is 16.3 Å². The van der Waals surface area contributed by atoms with Crippen LogP contribution in [0.15, 0.2) is 42.5 Å². The van der Waals surface area contributed by atoms with Crippen LogP contribution in [-0.2, 0) is 6.42 Å². The maximum atomic E-state index is 12.2. The largest absolute Gasteiger partial charge is 0.399 e. The molecule has 2 aromatic rings. The number of para-hydroxylation sites is 1. The summed E-state index contributed by atoms with van der Waals surface area (Å²) < 4.78 is 0. The fourth-order valence-electron chi connectivity index (χ4n) is 1.86. The van der Waals surface area contributed by atoms with Crippen LogP contribution in [0.2, 0.25) is 5.02 Å². The molecule has 0 aliphatic carbocycles. The number of benzene rings is 2. The third-order valence-electron chi connectivity index (χ3n) is 2.88. The summed E-state index contributed by atoms with van der Waals surface area (Å²) in [6.45, 7) is 2.04. The van der Waals surface area contributed by atoms with E-state index in [1.807, 2.05) is 31.2 Å². The highest BCUT2D eigenvalue weighted by atomic mass is 35.5. The molecule has 0 bridgehead atoms. The summed E-state index contributed by atoms with van der Waals surface area (Å²) in [4.78, 5) is 12.2. The Labute approximate surface area is 117 Å². The molecule has 3 nitrogen and oxygen atoms in total. The Kier molecular flexibility index (Phi) is 4.07. The first kappa shape index (κ1) is 13.4. The van der Waals surface area contributed by atoms with E-state index in [0.717, 1.165) is 17.7 Å². The fraction of sp³-hybridized carbons (Fsp3) is 0.133. The standard InChI is InChI=1S/C15H15ClN2O/c1-2-10-5-3-4-6-14(10)18-15(19)12-9-11(17)7-8-13(12)16/h3-9H,2,17H2,1H3,(H,18,19). The van der Waals surface area contributed by atoms with Crippen LogP contribution in [0.25, 0.3) is 0 Å². The number of rotatable bonds is 3. The molecule has 0 saturated carbocycles. The minimum atomic E-state index is -0.252. The lowest BCUT2D eigenvalue weighted by Gasteiger charge is -2.10. The van der Waals surface area contributed by atoms with Crippen LogP contribution in [0.5, 0.6) is 0 Å². The Morgan fingerprint density at radius 3 is 2.74 bits per heavy atom. The normalized spacial score (nSPS) is 10.2. The molecule has 0 saturated heterocycles. The van der Waals surface area contributed by atoms with E-state index >= 15 is 0 Å². The summed E-state index contributed by atoms with van der Waals surface area (Å²) >= 11 is 6.01. The molecule has 0 heterocycles. The predicted octanol–water partition coefficient (Wildman–Crippen LogP) is 3.74. The molecule has 19 heavy (non-hydrogen) atoms. The number of nitrogens with two attached hydrogens (primary N) is 1. The molecular formula is C15H15ClN2O. The van der Waals surface area contributed by atoms with Gasteiger partial charge in [0.05, 0.1) is 10.6 Å². The van der Waals surface area contributed by atoms with E-state index in [1.165, 1.54) is 0 Å². The molecule has 0 aromatic heterocycles. The van der Waals surface area contributed by atoms with Gasteiger partial charge in [-0.05, 0) is 36.2 Å². The number of aryl methyl sites for hydroxylation is 1. The van der Waals surface area contributed by atoms with Gasteiger partial charge in [0.1, 0.15) is 0 Å². The molecule has 0 fully saturated rings. The Bertz CT molecular complexity index is 611. The van der Waals surface area contributed by atoms with Crippen LogP contribution >= 0.6 is 11.6 Å². The average Bonchev–Trinajstić information content (AvgIpc) is 2.42. The van der Waals surface area contributed by atoms with Gasteiger partial charge in [0.2, 0.25) is 0 Å². The van der Waals surface area contributed by atoms with Crippen molar-refractivity contribution in [3.05, 3.63) is 58.6 Å². The van der Waals surface area contributed by atoms with Gasteiger partial charge in [0.15, 0.2) is 0 Å². The molecule has 98 valence electrons. The van der Waals surface area contributed by atoms with E-state index in [4.69, 9.17) is 17.3 Å². The summed E-state index contributed by atoms with van der Waals surface area (Å²) in [6, 6.07) is 12.5. The quantitative estimate of drug-likeness (QED) is 0.838. The van der Waals surface area contributed by atoms with Crippen molar-refractivity contribution in [1.82, 2.24) is 0 Å². The summed E-state index contributed by atoms with van der Waals surface area (Å²) in [6.07, 6.45) is 0.848. The van der Waals surface area contributed by atoms with Gasteiger partial charge >= 0.3 is 0 Å². The van der Waals surface area contributed by atoms with Crippen LogP contribution in [0.3, 0.4) is 0 Å². The number of carbonyl (C=O) groups excluding carboxylic acids is 1. The van der Waals surface area contributed by atoms with Crippen molar-refractivity contribution in [1.29, 1.82) is 0 Å². The van der Waals surface area contributed by atoms with Crippen molar-refractivity contribution in [3.8, 4) is 0 Å². The predicted molar refractivity (Wildman–Crippen MR) is 79.6 cm³/mol. The number of nitrogens with one attached hydrogen (secondary N) is 1. The first-order valence-corrected chi connectivity index (χ1v) is 6.44. The molecule has 4 heteroatoms. The van der Waals surface area contributed by atoms with Crippen LogP contribution in [-0.4, -0.2) is 5.91 Å². The van der Waals surface area contributed by atoms with Gasteiger partial charge < -0.3 is 11.1 Å². The summed E-state index contributed by atoms with van der Waals surface area (Å²) in [5.41, 5.74) is 8.45. The SMILES string of the molecule is CCc1ccccc1NC(=O)c1cc(N)ccc1Cl. The molecule has 0 spiro atoms. The van der Waals surface area contributed by atoms with E-state index in [-0.39, 0.29) is 5.91 Å². The van der Waals surface area contributed by atoms with Crippen LogP contribution in [0.4, 0.5) is 11.4 Å². The van der Waals surface area contributed by atoms with Crippen molar-refractivity contribution in [2.45, 2.75) is 13.3 Å². The zero-order chi connectivity index (χ0) is 13.8. The first-order chi connectivity index (χ1) is 9.11. The molecule has 2 rings (SSSR count). The first-order valence-electron chi connectivity index (χ1n) is 6.06. The molecule has 2 aromatic carbocycles. The Balaban J connectivity index is 2.28. The van der Waals surface area contributed by atoms with Gasteiger partial charge in [-0.25, -0.2) is 0 Å². The zero-order valence-electron chi connectivity index (χ0n) is 10.6. The van der Waals surface area contributed by atoms with Gasteiger partial charge in [-0.1, -0.05) is 36.7 Å². The van der Waals surface area contributed by atoms with Crippen molar-refractivity contribution >= 4 is 28.9 Å². The summed E-state index contributed by atoms with van der Waals surface area (Å²) in [7, 11) is 0. The fourth-order valence-corrected chi connectivity index (χ4v) is 2.06. The van der Waals surface area contributed by atoms with E-state index in [2.05, 4.69) is 5.32 Å². The van der Waals surface area contributed by atoms with Crippen molar-refractivity contribution in [2.75, 3.05) is 11.1 Å². The van der Waals surface area contributed by atoms with Crippen molar-refractivity contribution in [2.24, 2.45) is 0 Å². The number of halogens is 1. The van der Waals surface area contributed by atoms with Gasteiger partial charge in [-0.2, -0.15) is 0 Å². The Hall–Kier alpha value is -2.00. The van der Waals surface area contributed by atoms with Gasteiger partial charge in [0, 0.05) is 11.4 Å². The second-order valence-electron chi connectivity index (χ2n) is 4.20. The van der Waals surface area contributed by atoms with Crippen molar-refractivity contribution < 1.29 is 4.79 Å². The van der Waals surface area contributed by atoms with E-state index in [1.54, 1.807) is 18.2 Å². The third-order valence-corrected chi connectivity index (χ3v) is 3.21. The van der Waals surface area contributed by atoms with Crippen LogP contribution in [0.1, 0.15) is 22.8 Å². The molecule has 1 amide bonds. The number of hydrogen-bond acceptors (Lipinski definition) is 2. The second-order valence-corrected chi connectivity index (χ2v) is 4.61. The Morgan fingerprint density at radius 1 is 1.26 bits per heavy atom. The lowest BCUT2D eigenvalue weighted by molar-refractivity contribution is 0.102. The van der Waals surface area contributed by atoms with Crippen LogP contribution in [0, 0.1) is 0 Å². The number of hydrogen-bond donors (Lipinski definition) is 2.